The minimum absolute atomic E-state index is 0.644. The van der Waals surface area contributed by atoms with Crippen LogP contribution in [0.1, 0.15) is 5.69 Å². The Morgan fingerprint density at radius 3 is 1.25 bits per heavy atom. The molecule has 8 aromatic carbocycles. The maximum absolute atomic E-state index is 5.26. The SMILES string of the molecule is C=C/C=C(\C=C)c1cc(-c2ccccc2-c2ccccc2-c2cc(-c3ccccc3)c(-c3ccccc3)c(-c3ccccc3)c2-c2ccccc2)nc(-c2ccccc2)n1. The molecule has 0 amide bonds. The summed E-state index contributed by atoms with van der Waals surface area (Å²) in [6.45, 7) is 8.07. The zero-order valence-electron chi connectivity index (χ0n) is 33.2. The van der Waals surface area contributed by atoms with Crippen LogP contribution < -0.4 is 0 Å². The number of rotatable bonds is 11. The molecule has 9 aromatic rings. The molecule has 0 fully saturated rings. The van der Waals surface area contributed by atoms with Crippen LogP contribution in [0.3, 0.4) is 0 Å². The molecule has 2 heteroatoms. The van der Waals surface area contributed by atoms with Crippen molar-refractivity contribution in [3.05, 3.63) is 249 Å². The quantitative estimate of drug-likeness (QED) is 0.123. The topological polar surface area (TPSA) is 25.8 Å². The Bertz CT molecular complexity index is 2970. The van der Waals surface area contributed by atoms with Gasteiger partial charge in [-0.05, 0) is 84.5 Å². The standard InChI is InChI=1S/C58H42N2/c1-3-24-41(4-2)53-40-54(60-58(59-53)46-33-18-9-19-34-46)50-38-23-22-36-48(50)47-35-20-21-37-49(47)52-39-51(42-25-10-5-11-26-42)55(43-27-12-6-13-28-43)57(45-31-16-8-17-32-45)56(52)44-29-14-7-15-30-44/h3-40H,1-2H2/b41-24+. The number of hydrogen-bond donors (Lipinski definition) is 0. The average molecular weight is 767 g/mol. The predicted octanol–water partition coefficient (Wildman–Crippen LogP) is 15.6. The van der Waals surface area contributed by atoms with Gasteiger partial charge in [-0.3, -0.25) is 0 Å². The van der Waals surface area contributed by atoms with E-state index in [0.29, 0.717) is 5.82 Å². The third-order valence-electron chi connectivity index (χ3n) is 10.9. The Balaban J connectivity index is 1.37. The molecule has 0 radical (unpaired) electrons. The van der Waals surface area contributed by atoms with E-state index in [1.54, 1.807) is 6.08 Å². The second-order valence-corrected chi connectivity index (χ2v) is 14.5. The summed E-state index contributed by atoms with van der Waals surface area (Å²) in [6.07, 6.45) is 5.53. The van der Waals surface area contributed by atoms with Crippen molar-refractivity contribution in [2.24, 2.45) is 0 Å². The number of allylic oxidation sites excluding steroid dienone is 4. The Kier molecular flexibility index (Phi) is 10.8. The van der Waals surface area contributed by atoms with Gasteiger partial charge in [-0.25, -0.2) is 9.97 Å². The molecule has 0 saturated heterocycles. The molecule has 0 aliphatic heterocycles. The molecule has 0 spiro atoms. The summed E-state index contributed by atoms with van der Waals surface area (Å²) in [5.41, 5.74) is 18.2. The van der Waals surface area contributed by atoms with Crippen molar-refractivity contribution in [1.82, 2.24) is 9.97 Å². The van der Waals surface area contributed by atoms with Gasteiger partial charge in [0.2, 0.25) is 0 Å². The lowest BCUT2D eigenvalue weighted by Gasteiger charge is -2.25. The molecule has 0 N–H and O–H groups in total. The Morgan fingerprint density at radius 2 is 0.750 bits per heavy atom. The molecule has 0 unspecified atom stereocenters. The Hall–Kier alpha value is -7.94. The molecular weight excluding hydrogens is 725 g/mol. The van der Waals surface area contributed by atoms with Crippen LogP contribution >= 0.6 is 0 Å². The van der Waals surface area contributed by atoms with E-state index in [-0.39, 0.29) is 0 Å². The van der Waals surface area contributed by atoms with Gasteiger partial charge >= 0.3 is 0 Å². The van der Waals surface area contributed by atoms with Gasteiger partial charge in [-0.1, -0.05) is 232 Å². The van der Waals surface area contributed by atoms with Gasteiger partial charge in [0.05, 0.1) is 11.4 Å². The summed E-state index contributed by atoms with van der Waals surface area (Å²) >= 11 is 0. The number of benzene rings is 8. The summed E-state index contributed by atoms with van der Waals surface area (Å²) in [5.74, 6) is 0.644. The van der Waals surface area contributed by atoms with Crippen molar-refractivity contribution in [3.63, 3.8) is 0 Å². The predicted molar refractivity (Wildman–Crippen MR) is 254 cm³/mol. The maximum atomic E-state index is 5.26. The lowest BCUT2D eigenvalue weighted by molar-refractivity contribution is 1.16. The van der Waals surface area contributed by atoms with E-state index in [4.69, 9.17) is 9.97 Å². The minimum Gasteiger partial charge on any atom is -0.228 e. The van der Waals surface area contributed by atoms with Crippen LogP contribution in [0.15, 0.2) is 244 Å². The van der Waals surface area contributed by atoms with E-state index in [1.807, 2.05) is 42.5 Å². The highest BCUT2D eigenvalue weighted by Crippen LogP contribution is 2.52. The Morgan fingerprint density at radius 1 is 0.350 bits per heavy atom. The van der Waals surface area contributed by atoms with Crippen LogP contribution in [0.25, 0.3) is 95.0 Å². The second-order valence-electron chi connectivity index (χ2n) is 14.5. The molecule has 0 bridgehead atoms. The van der Waals surface area contributed by atoms with Gasteiger partial charge in [-0.15, -0.1) is 0 Å². The lowest BCUT2D eigenvalue weighted by atomic mass is 9.77. The third-order valence-corrected chi connectivity index (χ3v) is 10.9. The van der Waals surface area contributed by atoms with E-state index in [9.17, 15) is 0 Å². The highest BCUT2D eigenvalue weighted by molar-refractivity contribution is 6.09. The van der Waals surface area contributed by atoms with Crippen molar-refractivity contribution >= 4 is 5.57 Å². The van der Waals surface area contributed by atoms with Crippen LogP contribution in [0.5, 0.6) is 0 Å². The van der Waals surface area contributed by atoms with Crippen LogP contribution in [-0.4, -0.2) is 9.97 Å². The third kappa shape index (κ3) is 7.46. The fraction of sp³-hybridized carbons (Fsp3) is 0. The van der Waals surface area contributed by atoms with Gasteiger partial charge in [0.15, 0.2) is 5.82 Å². The molecule has 2 nitrogen and oxygen atoms in total. The first kappa shape index (κ1) is 37.6. The smallest absolute Gasteiger partial charge is 0.160 e. The van der Waals surface area contributed by atoms with Gasteiger partial charge in [0.1, 0.15) is 0 Å². The summed E-state index contributed by atoms with van der Waals surface area (Å²) in [4.78, 5) is 10.3. The molecule has 284 valence electrons. The van der Waals surface area contributed by atoms with E-state index in [0.717, 1.165) is 78.2 Å². The first-order valence-electron chi connectivity index (χ1n) is 20.2. The molecule has 0 saturated carbocycles. The second kappa shape index (κ2) is 17.3. The van der Waals surface area contributed by atoms with E-state index in [2.05, 4.69) is 195 Å². The number of hydrogen-bond acceptors (Lipinski definition) is 2. The molecular formula is C58H42N2. The Labute approximate surface area is 352 Å². The van der Waals surface area contributed by atoms with Crippen molar-refractivity contribution < 1.29 is 0 Å². The monoisotopic (exact) mass is 766 g/mol. The van der Waals surface area contributed by atoms with Gasteiger partial charge in [-0.2, -0.15) is 0 Å². The summed E-state index contributed by atoms with van der Waals surface area (Å²) < 4.78 is 0. The summed E-state index contributed by atoms with van der Waals surface area (Å²) in [5, 5.41) is 0. The van der Waals surface area contributed by atoms with Crippen LogP contribution in [0.2, 0.25) is 0 Å². The first-order chi connectivity index (χ1) is 29.7. The van der Waals surface area contributed by atoms with Gasteiger partial charge < -0.3 is 0 Å². The molecule has 1 heterocycles. The summed E-state index contributed by atoms with van der Waals surface area (Å²) in [7, 11) is 0. The minimum atomic E-state index is 0.644. The maximum Gasteiger partial charge on any atom is 0.160 e. The first-order valence-corrected chi connectivity index (χ1v) is 20.2. The largest absolute Gasteiger partial charge is 0.228 e. The van der Waals surface area contributed by atoms with Crippen molar-refractivity contribution in [2.45, 2.75) is 0 Å². The zero-order chi connectivity index (χ0) is 40.7. The van der Waals surface area contributed by atoms with Crippen molar-refractivity contribution in [3.8, 4) is 89.4 Å². The molecule has 1 aromatic heterocycles. The van der Waals surface area contributed by atoms with Crippen LogP contribution in [0, 0.1) is 0 Å². The van der Waals surface area contributed by atoms with Crippen LogP contribution in [0.4, 0.5) is 0 Å². The number of aromatic nitrogens is 2. The van der Waals surface area contributed by atoms with Gasteiger partial charge in [0.25, 0.3) is 0 Å². The fourth-order valence-corrected chi connectivity index (χ4v) is 8.17. The lowest BCUT2D eigenvalue weighted by Crippen LogP contribution is -2.00. The van der Waals surface area contributed by atoms with Gasteiger partial charge in [0, 0.05) is 11.1 Å². The average Bonchev–Trinajstić information content (AvgIpc) is 3.33. The highest BCUT2D eigenvalue weighted by atomic mass is 14.9. The summed E-state index contributed by atoms with van der Waals surface area (Å²) in [6, 6.07) is 75.3. The van der Waals surface area contributed by atoms with Crippen molar-refractivity contribution in [2.75, 3.05) is 0 Å². The van der Waals surface area contributed by atoms with E-state index in [1.165, 1.54) is 16.7 Å². The zero-order valence-corrected chi connectivity index (χ0v) is 33.2. The molecule has 60 heavy (non-hydrogen) atoms. The molecule has 9 rings (SSSR count). The van der Waals surface area contributed by atoms with E-state index < -0.39 is 0 Å². The number of nitrogens with zero attached hydrogens (tertiary/aromatic N) is 2. The van der Waals surface area contributed by atoms with Crippen molar-refractivity contribution in [1.29, 1.82) is 0 Å². The molecule has 0 aliphatic rings. The molecule has 0 aliphatic carbocycles. The van der Waals surface area contributed by atoms with E-state index >= 15 is 0 Å². The normalized spacial score (nSPS) is 11.2. The fourth-order valence-electron chi connectivity index (χ4n) is 8.17. The molecule has 0 atom stereocenters. The highest BCUT2D eigenvalue weighted by Gasteiger charge is 2.25. The van der Waals surface area contributed by atoms with Crippen LogP contribution in [-0.2, 0) is 0 Å².